The van der Waals surface area contributed by atoms with Crippen molar-refractivity contribution in [2.24, 2.45) is 0 Å². The van der Waals surface area contributed by atoms with Gasteiger partial charge in [0.05, 0.1) is 12.6 Å². The molecule has 0 radical (unpaired) electrons. The maximum atomic E-state index is 11.6. The summed E-state index contributed by atoms with van der Waals surface area (Å²) in [6.07, 6.45) is 4.61. The van der Waals surface area contributed by atoms with E-state index in [1.165, 1.54) is 12.8 Å². The molecular weight excluding hydrogens is 180 g/mol. The molecule has 1 aliphatic rings. The SMILES string of the molecule is CC(CO)N(C)C(=O)NC1CCCC1. The van der Waals surface area contributed by atoms with Crippen LogP contribution in [0.2, 0.25) is 0 Å². The zero-order valence-electron chi connectivity index (χ0n) is 8.99. The van der Waals surface area contributed by atoms with E-state index in [0.717, 1.165) is 12.8 Å². The first-order valence-corrected chi connectivity index (χ1v) is 5.29. The Morgan fingerprint density at radius 2 is 2.14 bits per heavy atom. The second-order valence-corrected chi connectivity index (χ2v) is 4.07. The highest BCUT2D eigenvalue weighted by molar-refractivity contribution is 5.74. The minimum atomic E-state index is -0.114. The van der Waals surface area contributed by atoms with Crippen LogP contribution in [0.4, 0.5) is 4.79 Å². The number of amides is 2. The maximum Gasteiger partial charge on any atom is 0.317 e. The van der Waals surface area contributed by atoms with Gasteiger partial charge in [-0.3, -0.25) is 0 Å². The monoisotopic (exact) mass is 200 g/mol. The van der Waals surface area contributed by atoms with Crippen LogP contribution in [0.5, 0.6) is 0 Å². The van der Waals surface area contributed by atoms with E-state index in [9.17, 15) is 4.79 Å². The molecule has 2 N–H and O–H groups in total. The molecule has 1 saturated carbocycles. The largest absolute Gasteiger partial charge is 0.394 e. The number of hydrogen-bond acceptors (Lipinski definition) is 2. The second-order valence-electron chi connectivity index (χ2n) is 4.07. The molecule has 0 aromatic rings. The topological polar surface area (TPSA) is 52.6 Å². The summed E-state index contributed by atoms with van der Waals surface area (Å²) < 4.78 is 0. The van der Waals surface area contributed by atoms with E-state index in [4.69, 9.17) is 5.11 Å². The highest BCUT2D eigenvalue weighted by atomic mass is 16.3. The molecule has 0 aromatic carbocycles. The lowest BCUT2D eigenvalue weighted by molar-refractivity contribution is 0.155. The standard InChI is InChI=1S/C10H20N2O2/c1-8(7-13)12(2)10(14)11-9-5-3-4-6-9/h8-9,13H,3-7H2,1-2H3,(H,11,14). The number of carbonyl (C=O) groups is 1. The molecule has 0 heterocycles. The van der Waals surface area contributed by atoms with Crippen LogP contribution in [0.15, 0.2) is 0 Å². The Morgan fingerprint density at radius 1 is 1.57 bits per heavy atom. The fourth-order valence-electron chi connectivity index (χ4n) is 1.67. The van der Waals surface area contributed by atoms with E-state index in [1.54, 1.807) is 11.9 Å². The van der Waals surface area contributed by atoms with Gasteiger partial charge in [-0.15, -0.1) is 0 Å². The normalized spacial score (nSPS) is 19.4. The minimum absolute atomic E-state index is 0.00852. The molecule has 0 aromatic heterocycles. The number of hydrogen-bond donors (Lipinski definition) is 2. The van der Waals surface area contributed by atoms with Crippen molar-refractivity contribution in [1.29, 1.82) is 0 Å². The molecule has 82 valence electrons. The van der Waals surface area contributed by atoms with Gasteiger partial charge in [-0.1, -0.05) is 12.8 Å². The number of likely N-dealkylation sites (N-methyl/N-ethyl adjacent to an activating group) is 1. The van der Waals surface area contributed by atoms with Crippen molar-refractivity contribution in [3.63, 3.8) is 0 Å². The van der Waals surface area contributed by atoms with Gasteiger partial charge in [0.25, 0.3) is 0 Å². The Kier molecular flexibility index (Phi) is 4.20. The number of urea groups is 1. The summed E-state index contributed by atoms with van der Waals surface area (Å²) >= 11 is 0. The minimum Gasteiger partial charge on any atom is -0.394 e. The average Bonchev–Trinajstić information content (AvgIpc) is 2.68. The van der Waals surface area contributed by atoms with Gasteiger partial charge < -0.3 is 15.3 Å². The molecule has 1 aliphatic carbocycles. The maximum absolute atomic E-state index is 11.6. The van der Waals surface area contributed by atoms with E-state index < -0.39 is 0 Å². The average molecular weight is 200 g/mol. The van der Waals surface area contributed by atoms with Gasteiger partial charge in [-0.25, -0.2) is 4.79 Å². The third kappa shape index (κ3) is 2.87. The quantitative estimate of drug-likeness (QED) is 0.712. The first-order valence-electron chi connectivity index (χ1n) is 5.29. The van der Waals surface area contributed by atoms with Crippen molar-refractivity contribution in [2.75, 3.05) is 13.7 Å². The van der Waals surface area contributed by atoms with Crippen LogP contribution < -0.4 is 5.32 Å². The molecule has 4 heteroatoms. The van der Waals surface area contributed by atoms with E-state index >= 15 is 0 Å². The predicted molar refractivity (Wildman–Crippen MR) is 55.1 cm³/mol. The van der Waals surface area contributed by atoms with Gasteiger partial charge in [0, 0.05) is 13.1 Å². The molecule has 1 fully saturated rings. The van der Waals surface area contributed by atoms with Crippen molar-refractivity contribution in [3.8, 4) is 0 Å². The fraction of sp³-hybridized carbons (Fsp3) is 0.900. The highest BCUT2D eigenvalue weighted by Gasteiger charge is 2.20. The summed E-state index contributed by atoms with van der Waals surface area (Å²) in [6.45, 7) is 1.84. The Hall–Kier alpha value is -0.770. The van der Waals surface area contributed by atoms with Crippen LogP contribution in [-0.2, 0) is 0 Å². The molecule has 0 saturated heterocycles. The zero-order chi connectivity index (χ0) is 10.6. The first kappa shape index (κ1) is 11.3. The van der Waals surface area contributed by atoms with Gasteiger partial charge in [0.1, 0.15) is 0 Å². The first-order chi connectivity index (χ1) is 6.65. The molecular formula is C10H20N2O2. The Bertz CT molecular complexity index is 191. The number of carbonyl (C=O) groups excluding carboxylic acids is 1. The highest BCUT2D eigenvalue weighted by Crippen LogP contribution is 2.17. The van der Waals surface area contributed by atoms with Gasteiger partial charge in [-0.2, -0.15) is 0 Å². The smallest absolute Gasteiger partial charge is 0.317 e. The zero-order valence-corrected chi connectivity index (χ0v) is 8.99. The fourth-order valence-corrected chi connectivity index (χ4v) is 1.67. The van der Waals surface area contributed by atoms with Gasteiger partial charge >= 0.3 is 6.03 Å². The second kappa shape index (κ2) is 5.20. The van der Waals surface area contributed by atoms with Gasteiger partial charge in [0.2, 0.25) is 0 Å². The predicted octanol–water partition coefficient (Wildman–Crippen LogP) is 0.951. The third-order valence-electron chi connectivity index (χ3n) is 2.93. The van der Waals surface area contributed by atoms with Gasteiger partial charge in [0.15, 0.2) is 0 Å². The van der Waals surface area contributed by atoms with E-state index in [-0.39, 0.29) is 18.7 Å². The third-order valence-corrected chi connectivity index (χ3v) is 2.93. The lowest BCUT2D eigenvalue weighted by atomic mass is 10.2. The van der Waals surface area contributed by atoms with Crippen LogP contribution in [0.1, 0.15) is 32.6 Å². The van der Waals surface area contributed by atoms with Gasteiger partial charge in [-0.05, 0) is 19.8 Å². The number of aliphatic hydroxyl groups excluding tert-OH is 1. The lowest BCUT2D eigenvalue weighted by Gasteiger charge is -2.25. The Labute approximate surface area is 85.3 Å². The van der Waals surface area contributed by atoms with Crippen LogP contribution in [0, 0.1) is 0 Å². The molecule has 1 unspecified atom stereocenters. The summed E-state index contributed by atoms with van der Waals surface area (Å²) in [5.74, 6) is 0. The molecule has 4 nitrogen and oxygen atoms in total. The van der Waals surface area contributed by atoms with Crippen LogP contribution in [-0.4, -0.2) is 41.8 Å². The van der Waals surface area contributed by atoms with Crippen molar-refractivity contribution >= 4 is 6.03 Å². The molecule has 0 aliphatic heterocycles. The Morgan fingerprint density at radius 3 is 2.64 bits per heavy atom. The summed E-state index contributed by atoms with van der Waals surface area (Å²) in [4.78, 5) is 13.2. The summed E-state index contributed by atoms with van der Waals surface area (Å²) in [7, 11) is 1.71. The van der Waals surface area contributed by atoms with E-state index in [0.29, 0.717) is 6.04 Å². The van der Waals surface area contributed by atoms with Crippen molar-refractivity contribution in [1.82, 2.24) is 10.2 Å². The van der Waals surface area contributed by atoms with Crippen LogP contribution >= 0.6 is 0 Å². The summed E-state index contributed by atoms with van der Waals surface area (Å²) in [5, 5.41) is 11.9. The number of nitrogens with zero attached hydrogens (tertiary/aromatic N) is 1. The lowest BCUT2D eigenvalue weighted by Crippen LogP contribution is -2.46. The van der Waals surface area contributed by atoms with Crippen molar-refractivity contribution < 1.29 is 9.90 Å². The van der Waals surface area contributed by atoms with E-state index in [2.05, 4.69) is 5.32 Å². The number of aliphatic hydroxyl groups is 1. The number of nitrogens with one attached hydrogen (secondary N) is 1. The van der Waals surface area contributed by atoms with Crippen molar-refractivity contribution in [2.45, 2.75) is 44.7 Å². The summed E-state index contributed by atoms with van der Waals surface area (Å²) in [6, 6.07) is 0.158. The number of rotatable bonds is 3. The molecule has 0 spiro atoms. The molecule has 2 amide bonds. The van der Waals surface area contributed by atoms with Crippen LogP contribution in [0.25, 0.3) is 0 Å². The van der Waals surface area contributed by atoms with Crippen molar-refractivity contribution in [3.05, 3.63) is 0 Å². The van der Waals surface area contributed by atoms with Crippen LogP contribution in [0.3, 0.4) is 0 Å². The molecule has 0 bridgehead atoms. The molecule has 1 rings (SSSR count). The molecule has 1 atom stereocenters. The van der Waals surface area contributed by atoms with E-state index in [1.807, 2.05) is 6.92 Å². The summed E-state index contributed by atoms with van der Waals surface area (Å²) in [5.41, 5.74) is 0. The molecule has 14 heavy (non-hydrogen) atoms. The Balaban J connectivity index is 2.32.